The van der Waals surface area contributed by atoms with Crippen molar-refractivity contribution in [2.75, 3.05) is 6.54 Å². The lowest BCUT2D eigenvalue weighted by atomic mass is 9.90. The van der Waals surface area contributed by atoms with Crippen LogP contribution in [0.5, 0.6) is 0 Å². The van der Waals surface area contributed by atoms with E-state index in [4.69, 9.17) is 0 Å². The van der Waals surface area contributed by atoms with Crippen LogP contribution in [0.25, 0.3) is 0 Å². The van der Waals surface area contributed by atoms with Gasteiger partial charge in [0.15, 0.2) is 0 Å². The molecule has 0 radical (unpaired) electrons. The number of aryl methyl sites for hydroxylation is 1. The lowest BCUT2D eigenvalue weighted by Crippen LogP contribution is -2.55. The zero-order valence-corrected chi connectivity index (χ0v) is 14.9. The van der Waals surface area contributed by atoms with Gasteiger partial charge in [-0.25, -0.2) is 4.79 Å². The van der Waals surface area contributed by atoms with Gasteiger partial charge in [0.2, 0.25) is 0 Å². The summed E-state index contributed by atoms with van der Waals surface area (Å²) in [5.74, 6) is 0.346. The number of benzene rings is 1. The van der Waals surface area contributed by atoms with E-state index in [0.29, 0.717) is 18.0 Å². The van der Waals surface area contributed by atoms with Crippen LogP contribution in [-0.2, 0) is 0 Å². The second kappa shape index (κ2) is 8.71. The molecule has 3 amide bonds. The molecule has 2 rings (SSSR count). The third-order valence-corrected chi connectivity index (χ3v) is 4.35. The molecule has 1 aliphatic carbocycles. The number of amides is 3. The fourth-order valence-electron chi connectivity index (χ4n) is 3.03. The summed E-state index contributed by atoms with van der Waals surface area (Å²) in [6, 6.07) is 7.39. The first-order valence-corrected chi connectivity index (χ1v) is 8.87. The molecule has 1 aromatic carbocycles. The smallest absolute Gasteiger partial charge is 0.315 e. The standard InChI is InChI=1S/C19H29N3O2/c1-13(2)12-20-19(24)22-17-10-5-4-9-16(17)21-18(23)15-8-6-7-14(3)11-15/h6-8,11,13,16-17H,4-5,9-10,12H2,1-3H3,(H,21,23)(H2,20,22,24). The predicted molar refractivity (Wildman–Crippen MR) is 96.1 cm³/mol. The van der Waals surface area contributed by atoms with Crippen LogP contribution in [0.15, 0.2) is 24.3 Å². The number of hydrogen-bond acceptors (Lipinski definition) is 2. The Bertz CT molecular complexity index is 571. The van der Waals surface area contributed by atoms with E-state index in [1.807, 2.05) is 31.2 Å². The minimum atomic E-state index is -0.148. The molecule has 3 N–H and O–H groups in total. The lowest BCUT2D eigenvalue weighted by molar-refractivity contribution is 0.0915. The highest BCUT2D eigenvalue weighted by molar-refractivity contribution is 5.94. The number of nitrogens with one attached hydrogen (secondary N) is 3. The largest absolute Gasteiger partial charge is 0.347 e. The van der Waals surface area contributed by atoms with Crippen molar-refractivity contribution in [2.24, 2.45) is 5.92 Å². The fraction of sp³-hybridized carbons (Fsp3) is 0.579. The maximum atomic E-state index is 12.5. The van der Waals surface area contributed by atoms with E-state index in [0.717, 1.165) is 31.2 Å². The number of hydrogen-bond donors (Lipinski definition) is 3. The molecular weight excluding hydrogens is 302 g/mol. The minimum Gasteiger partial charge on any atom is -0.347 e. The molecule has 0 aliphatic heterocycles. The number of carbonyl (C=O) groups is 2. The van der Waals surface area contributed by atoms with Crippen molar-refractivity contribution in [1.29, 1.82) is 0 Å². The zero-order chi connectivity index (χ0) is 17.5. The first-order valence-electron chi connectivity index (χ1n) is 8.87. The van der Waals surface area contributed by atoms with Crippen molar-refractivity contribution in [3.05, 3.63) is 35.4 Å². The molecule has 1 fully saturated rings. The molecule has 5 nitrogen and oxygen atoms in total. The Morgan fingerprint density at radius 2 is 1.79 bits per heavy atom. The van der Waals surface area contributed by atoms with Crippen LogP contribution in [0.2, 0.25) is 0 Å². The van der Waals surface area contributed by atoms with Crippen molar-refractivity contribution >= 4 is 11.9 Å². The molecule has 0 aromatic heterocycles. The molecule has 24 heavy (non-hydrogen) atoms. The van der Waals surface area contributed by atoms with Crippen LogP contribution in [0.1, 0.15) is 55.5 Å². The van der Waals surface area contributed by atoms with Gasteiger partial charge >= 0.3 is 6.03 Å². The van der Waals surface area contributed by atoms with Gasteiger partial charge in [0, 0.05) is 18.2 Å². The Kier molecular flexibility index (Phi) is 6.64. The molecule has 2 unspecified atom stereocenters. The van der Waals surface area contributed by atoms with Gasteiger partial charge < -0.3 is 16.0 Å². The summed E-state index contributed by atoms with van der Waals surface area (Å²) in [6.45, 7) is 6.75. The Labute approximate surface area is 144 Å². The van der Waals surface area contributed by atoms with E-state index < -0.39 is 0 Å². The molecule has 5 heteroatoms. The first-order chi connectivity index (χ1) is 11.5. The van der Waals surface area contributed by atoms with E-state index >= 15 is 0 Å². The van der Waals surface area contributed by atoms with Gasteiger partial charge in [-0.05, 0) is 37.8 Å². The van der Waals surface area contributed by atoms with Crippen LogP contribution in [-0.4, -0.2) is 30.6 Å². The van der Waals surface area contributed by atoms with Crippen molar-refractivity contribution in [3.63, 3.8) is 0 Å². The average molecular weight is 331 g/mol. The van der Waals surface area contributed by atoms with E-state index in [1.54, 1.807) is 0 Å². The van der Waals surface area contributed by atoms with Gasteiger partial charge in [0.1, 0.15) is 0 Å². The second-order valence-corrected chi connectivity index (χ2v) is 7.09. The third-order valence-electron chi connectivity index (χ3n) is 4.35. The topological polar surface area (TPSA) is 70.2 Å². The summed E-state index contributed by atoms with van der Waals surface area (Å²) in [7, 11) is 0. The summed E-state index contributed by atoms with van der Waals surface area (Å²) >= 11 is 0. The molecule has 0 saturated heterocycles. The van der Waals surface area contributed by atoms with Gasteiger partial charge in [0.25, 0.3) is 5.91 Å². The average Bonchev–Trinajstić information content (AvgIpc) is 2.54. The van der Waals surface area contributed by atoms with Crippen molar-refractivity contribution in [1.82, 2.24) is 16.0 Å². The van der Waals surface area contributed by atoms with Crippen LogP contribution in [0.4, 0.5) is 4.79 Å². The van der Waals surface area contributed by atoms with Crippen molar-refractivity contribution in [2.45, 2.75) is 58.5 Å². The molecule has 1 saturated carbocycles. The van der Waals surface area contributed by atoms with Crippen molar-refractivity contribution < 1.29 is 9.59 Å². The van der Waals surface area contributed by atoms with Crippen LogP contribution in [0.3, 0.4) is 0 Å². The summed E-state index contributed by atoms with van der Waals surface area (Å²) in [6.07, 6.45) is 3.94. The number of urea groups is 1. The van der Waals surface area contributed by atoms with Crippen LogP contribution in [0, 0.1) is 12.8 Å². The second-order valence-electron chi connectivity index (χ2n) is 7.09. The lowest BCUT2D eigenvalue weighted by Gasteiger charge is -2.33. The maximum absolute atomic E-state index is 12.5. The summed E-state index contributed by atoms with van der Waals surface area (Å²) in [5.41, 5.74) is 1.73. The molecule has 2 atom stereocenters. The number of rotatable bonds is 5. The predicted octanol–water partition coefficient (Wildman–Crippen LogP) is 2.99. The third kappa shape index (κ3) is 5.55. The van der Waals surface area contributed by atoms with Gasteiger partial charge in [-0.3, -0.25) is 4.79 Å². The highest BCUT2D eigenvalue weighted by Crippen LogP contribution is 2.19. The number of carbonyl (C=O) groups excluding carboxylic acids is 2. The van der Waals surface area contributed by atoms with Crippen molar-refractivity contribution in [3.8, 4) is 0 Å². The fourth-order valence-corrected chi connectivity index (χ4v) is 3.03. The molecule has 0 bridgehead atoms. The first kappa shape index (κ1) is 18.3. The van der Waals surface area contributed by atoms with Crippen LogP contribution < -0.4 is 16.0 Å². The van der Waals surface area contributed by atoms with E-state index in [-0.39, 0.29) is 24.0 Å². The molecule has 1 aliphatic rings. The molecule has 0 heterocycles. The molecule has 132 valence electrons. The van der Waals surface area contributed by atoms with E-state index in [9.17, 15) is 9.59 Å². The Balaban J connectivity index is 1.93. The van der Waals surface area contributed by atoms with Gasteiger partial charge in [-0.2, -0.15) is 0 Å². The highest BCUT2D eigenvalue weighted by atomic mass is 16.2. The summed E-state index contributed by atoms with van der Waals surface area (Å²) in [4.78, 5) is 24.5. The quantitative estimate of drug-likeness (QED) is 0.776. The van der Waals surface area contributed by atoms with Gasteiger partial charge in [0.05, 0.1) is 6.04 Å². The normalized spacial score (nSPS) is 20.5. The zero-order valence-electron chi connectivity index (χ0n) is 14.9. The van der Waals surface area contributed by atoms with Crippen LogP contribution >= 0.6 is 0 Å². The molecule has 1 aromatic rings. The summed E-state index contributed by atoms with van der Waals surface area (Å²) < 4.78 is 0. The van der Waals surface area contributed by atoms with E-state index in [2.05, 4.69) is 29.8 Å². The highest BCUT2D eigenvalue weighted by Gasteiger charge is 2.28. The SMILES string of the molecule is Cc1cccc(C(=O)NC2CCCCC2NC(=O)NCC(C)C)c1. The molecular formula is C19H29N3O2. The summed E-state index contributed by atoms with van der Waals surface area (Å²) in [5, 5.41) is 9.01. The Hall–Kier alpha value is -2.04. The maximum Gasteiger partial charge on any atom is 0.315 e. The monoisotopic (exact) mass is 331 g/mol. The van der Waals surface area contributed by atoms with E-state index in [1.165, 1.54) is 0 Å². The molecule has 0 spiro atoms. The Morgan fingerprint density at radius 3 is 2.42 bits per heavy atom. The van der Waals surface area contributed by atoms with Gasteiger partial charge in [-0.15, -0.1) is 0 Å². The van der Waals surface area contributed by atoms with Gasteiger partial charge in [-0.1, -0.05) is 44.4 Å². The minimum absolute atomic E-state index is 0.0142. The Morgan fingerprint density at radius 1 is 1.12 bits per heavy atom.